The van der Waals surface area contributed by atoms with E-state index in [1.54, 1.807) is 5.48 Å². The predicted molar refractivity (Wildman–Crippen MR) is 116 cm³/mol. The van der Waals surface area contributed by atoms with Gasteiger partial charge in [-0.15, -0.1) is 0 Å². The van der Waals surface area contributed by atoms with Gasteiger partial charge in [-0.1, -0.05) is 24.3 Å². The van der Waals surface area contributed by atoms with Gasteiger partial charge in [0.25, 0.3) is 11.8 Å². The number of likely N-dealkylation sites (N-methyl/N-ethyl adjacent to an activating group) is 1. The second-order valence-corrected chi connectivity index (χ2v) is 7.18. The number of hydroxylamine groups is 2. The van der Waals surface area contributed by atoms with E-state index < -0.39 is 5.91 Å². The molecule has 0 fully saturated rings. The summed E-state index contributed by atoms with van der Waals surface area (Å²) < 4.78 is 0. The van der Waals surface area contributed by atoms with Crippen LogP contribution in [0.15, 0.2) is 60.7 Å². The molecular weight excluding hydrogens is 382 g/mol. The number of amides is 2. The van der Waals surface area contributed by atoms with E-state index in [4.69, 9.17) is 10.0 Å². The minimum Gasteiger partial charge on any atom is -0.309 e. The monoisotopic (exact) mass is 407 g/mol. The van der Waals surface area contributed by atoms with Crippen molar-refractivity contribution in [3.05, 3.63) is 77.4 Å². The molecule has 0 aliphatic heterocycles. The highest BCUT2D eigenvalue weighted by molar-refractivity contribution is 6.06. The van der Waals surface area contributed by atoms with Crippen molar-refractivity contribution in [2.75, 3.05) is 32.8 Å². The molecule has 30 heavy (non-hydrogen) atoms. The van der Waals surface area contributed by atoms with Crippen LogP contribution in [-0.4, -0.2) is 49.7 Å². The van der Waals surface area contributed by atoms with Gasteiger partial charge in [0.2, 0.25) is 0 Å². The van der Waals surface area contributed by atoms with Gasteiger partial charge in [0, 0.05) is 17.7 Å². The molecule has 3 aromatic rings. The molecule has 0 aromatic heterocycles. The third kappa shape index (κ3) is 4.65. The van der Waals surface area contributed by atoms with Crippen LogP contribution in [0, 0.1) is 0 Å². The molecule has 7 nitrogen and oxygen atoms in total. The van der Waals surface area contributed by atoms with Crippen molar-refractivity contribution < 1.29 is 19.6 Å². The van der Waals surface area contributed by atoms with Crippen LogP contribution in [-0.2, 0) is 11.3 Å². The lowest BCUT2D eigenvalue weighted by Crippen LogP contribution is -2.30. The summed E-state index contributed by atoms with van der Waals surface area (Å²) in [5, 5.41) is 12.1. The summed E-state index contributed by atoms with van der Waals surface area (Å²) in [5.41, 5.74) is 3.93. The number of carbonyl (C=O) groups is 2. The van der Waals surface area contributed by atoms with E-state index in [2.05, 4.69) is 11.0 Å². The van der Waals surface area contributed by atoms with E-state index in [-0.39, 0.29) is 11.5 Å². The van der Waals surface area contributed by atoms with Gasteiger partial charge in [-0.05, 0) is 73.3 Å². The van der Waals surface area contributed by atoms with Gasteiger partial charge in [-0.25, -0.2) is 5.48 Å². The first-order chi connectivity index (χ1) is 14.4. The molecule has 0 heterocycles. The Hall–Kier alpha value is -3.26. The van der Waals surface area contributed by atoms with Crippen molar-refractivity contribution in [3.63, 3.8) is 0 Å². The predicted octanol–water partition coefficient (Wildman–Crippen LogP) is 3.27. The Morgan fingerprint density at radius 3 is 2.30 bits per heavy atom. The highest BCUT2D eigenvalue weighted by Gasteiger charge is 2.20. The lowest BCUT2D eigenvalue weighted by Gasteiger charge is -2.22. The lowest BCUT2D eigenvalue weighted by atomic mass is 10.0. The maximum absolute atomic E-state index is 13.1. The fourth-order valence-corrected chi connectivity index (χ4v) is 3.29. The summed E-state index contributed by atoms with van der Waals surface area (Å²) in [6.07, 6.45) is 0.831. The van der Waals surface area contributed by atoms with Gasteiger partial charge in [-0.3, -0.25) is 19.6 Å². The van der Waals surface area contributed by atoms with Crippen LogP contribution in [0.2, 0.25) is 0 Å². The highest BCUT2D eigenvalue weighted by atomic mass is 16.7. The Labute approximate surface area is 175 Å². The van der Waals surface area contributed by atoms with Gasteiger partial charge < -0.3 is 4.90 Å². The Kier molecular flexibility index (Phi) is 6.79. The number of hydrogen-bond acceptors (Lipinski definition) is 5. The van der Waals surface area contributed by atoms with Crippen LogP contribution < -0.4 is 10.5 Å². The first-order valence-electron chi connectivity index (χ1n) is 9.54. The number of nitrogens with one attached hydrogen (secondary N) is 1. The van der Waals surface area contributed by atoms with E-state index >= 15 is 0 Å². The number of benzene rings is 3. The molecule has 2 amide bonds. The summed E-state index contributed by atoms with van der Waals surface area (Å²) >= 11 is 0. The van der Waals surface area contributed by atoms with E-state index in [0.29, 0.717) is 11.3 Å². The van der Waals surface area contributed by atoms with E-state index in [1.807, 2.05) is 44.4 Å². The van der Waals surface area contributed by atoms with E-state index in [0.717, 1.165) is 29.3 Å². The molecule has 0 saturated heterocycles. The molecule has 0 atom stereocenters. The SMILES string of the molecule is CON(C(=O)c1ccc(C(=O)NO)cc1)c1cc(CCN(C)C)c2ccccc2c1. The Balaban J connectivity index is 1.97. The van der Waals surface area contributed by atoms with Crippen LogP contribution >= 0.6 is 0 Å². The molecule has 3 rings (SSSR count). The molecule has 156 valence electrons. The minimum atomic E-state index is -0.641. The number of hydrogen-bond donors (Lipinski definition) is 2. The summed E-state index contributed by atoms with van der Waals surface area (Å²) in [4.78, 5) is 32.1. The molecule has 0 aliphatic rings. The van der Waals surface area contributed by atoms with Crippen molar-refractivity contribution in [1.29, 1.82) is 0 Å². The second-order valence-electron chi connectivity index (χ2n) is 7.18. The van der Waals surface area contributed by atoms with Crippen LogP contribution in [0.3, 0.4) is 0 Å². The van der Waals surface area contributed by atoms with Gasteiger partial charge in [0.05, 0.1) is 12.8 Å². The molecule has 3 aromatic carbocycles. The smallest absolute Gasteiger partial charge is 0.282 e. The first kappa shape index (κ1) is 21.4. The molecule has 0 bridgehead atoms. The molecule has 0 aliphatic carbocycles. The maximum Gasteiger partial charge on any atom is 0.282 e. The Bertz CT molecular complexity index is 1050. The van der Waals surface area contributed by atoms with Gasteiger partial charge >= 0.3 is 0 Å². The normalized spacial score (nSPS) is 11.0. The zero-order valence-corrected chi connectivity index (χ0v) is 17.3. The molecular formula is C23H25N3O4. The van der Waals surface area contributed by atoms with Crippen molar-refractivity contribution in [2.45, 2.75) is 6.42 Å². The molecule has 2 N–H and O–H groups in total. The number of fused-ring (bicyclic) bond motifs is 1. The van der Waals surface area contributed by atoms with Gasteiger partial charge in [-0.2, -0.15) is 5.06 Å². The van der Waals surface area contributed by atoms with Crippen LogP contribution in [0.5, 0.6) is 0 Å². The molecule has 0 spiro atoms. The number of rotatable bonds is 7. The fourth-order valence-electron chi connectivity index (χ4n) is 3.29. The number of nitrogens with zero attached hydrogens (tertiary/aromatic N) is 2. The second kappa shape index (κ2) is 9.49. The largest absolute Gasteiger partial charge is 0.309 e. The summed E-state index contributed by atoms with van der Waals surface area (Å²) in [7, 11) is 5.50. The number of carbonyl (C=O) groups excluding carboxylic acids is 2. The number of anilines is 1. The molecule has 0 radical (unpaired) electrons. The quantitative estimate of drug-likeness (QED) is 0.464. The summed E-state index contributed by atoms with van der Waals surface area (Å²) in [6.45, 7) is 0.878. The maximum atomic E-state index is 13.1. The Morgan fingerprint density at radius 1 is 1.00 bits per heavy atom. The molecule has 7 heteroatoms. The summed E-state index contributed by atoms with van der Waals surface area (Å²) in [6, 6.07) is 17.9. The zero-order chi connectivity index (χ0) is 21.7. The molecule has 0 saturated carbocycles. The Morgan fingerprint density at radius 2 is 1.67 bits per heavy atom. The van der Waals surface area contributed by atoms with E-state index in [1.165, 1.54) is 36.4 Å². The van der Waals surface area contributed by atoms with Crippen molar-refractivity contribution in [2.24, 2.45) is 0 Å². The average molecular weight is 407 g/mol. The third-order valence-corrected chi connectivity index (χ3v) is 4.86. The van der Waals surface area contributed by atoms with Crippen LogP contribution in [0.25, 0.3) is 10.8 Å². The highest BCUT2D eigenvalue weighted by Crippen LogP contribution is 2.28. The topological polar surface area (TPSA) is 82.1 Å². The minimum absolute atomic E-state index is 0.245. The third-order valence-electron chi connectivity index (χ3n) is 4.86. The van der Waals surface area contributed by atoms with Crippen molar-refractivity contribution in [3.8, 4) is 0 Å². The van der Waals surface area contributed by atoms with Crippen molar-refractivity contribution >= 4 is 28.3 Å². The first-order valence-corrected chi connectivity index (χ1v) is 9.54. The lowest BCUT2D eigenvalue weighted by molar-refractivity contribution is 0.0705. The van der Waals surface area contributed by atoms with E-state index in [9.17, 15) is 9.59 Å². The van der Waals surface area contributed by atoms with Crippen LogP contribution in [0.1, 0.15) is 26.3 Å². The standard InChI is InChI=1S/C23H25N3O4/c1-25(2)13-12-19-15-20(14-18-6-4-5-7-21(18)19)26(30-3)23(28)17-10-8-16(9-11-17)22(27)24-29/h4-11,14-15,29H,12-13H2,1-3H3,(H,24,27). The molecule has 0 unspecified atom stereocenters. The van der Waals surface area contributed by atoms with Crippen LogP contribution in [0.4, 0.5) is 5.69 Å². The fraction of sp³-hybridized carbons (Fsp3) is 0.217. The van der Waals surface area contributed by atoms with Gasteiger partial charge in [0.15, 0.2) is 0 Å². The zero-order valence-electron chi connectivity index (χ0n) is 17.3. The summed E-state index contributed by atoms with van der Waals surface area (Å²) in [5.74, 6) is -1.00. The average Bonchev–Trinajstić information content (AvgIpc) is 2.77. The van der Waals surface area contributed by atoms with Crippen molar-refractivity contribution in [1.82, 2.24) is 10.4 Å². The van der Waals surface area contributed by atoms with Gasteiger partial charge in [0.1, 0.15) is 0 Å².